The number of carbonyl (C=O) groups excluding carboxylic acids is 1. The summed E-state index contributed by atoms with van der Waals surface area (Å²) >= 11 is 1.54. The van der Waals surface area contributed by atoms with Gasteiger partial charge < -0.3 is 4.57 Å². The molecule has 0 unspecified atom stereocenters. The van der Waals surface area contributed by atoms with Crippen molar-refractivity contribution in [3.8, 4) is 0 Å². The molecule has 1 aliphatic heterocycles. The van der Waals surface area contributed by atoms with Crippen LogP contribution >= 0.6 is 11.3 Å². The van der Waals surface area contributed by atoms with Crippen LogP contribution in [0.4, 0.5) is 0 Å². The van der Waals surface area contributed by atoms with Crippen molar-refractivity contribution in [2.24, 2.45) is 0 Å². The predicted octanol–water partition coefficient (Wildman–Crippen LogP) is 3.85. The van der Waals surface area contributed by atoms with Crippen LogP contribution in [0, 0.1) is 0 Å². The number of thiophene rings is 1. The third kappa shape index (κ3) is 1.88. The van der Waals surface area contributed by atoms with Crippen LogP contribution in [0.1, 0.15) is 52.5 Å². The third-order valence-corrected chi connectivity index (χ3v) is 4.93. The summed E-state index contributed by atoms with van der Waals surface area (Å²) in [4.78, 5) is 13.6. The Morgan fingerprint density at radius 3 is 2.74 bits per heavy atom. The first-order valence-corrected chi connectivity index (χ1v) is 7.97. The lowest BCUT2D eigenvalue weighted by Crippen LogP contribution is -2.10. The molecular weight excluding hydrogens is 254 g/mol. The molecule has 19 heavy (non-hydrogen) atoms. The number of nitrogens with zero attached hydrogens (tertiary/aromatic N) is 1. The highest BCUT2D eigenvalue weighted by Crippen LogP contribution is 2.32. The van der Waals surface area contributed by atoms with E-state index in [2.05, 4.69) is 18.4 Å². The summed E-state index contributed by atoms with van der Waals surface area (Å²) in [5.41, 5.74) is 5.10. The Bertz CT molecular complexity index is 607. The summed E-state index contributed by atoms with van der Waals surface area (Å²) in [5, 5.41) is 1.98. The van der Waals surface area contributed by atoms with Crippen LogP contribution in [-0.4, -0.2) is 10.4 Å². The monoisotopic (exact) mass is 273 g/mol. The zero-order valence-corrected chi connectivity index (χ0v) is 12.3. The molecule has 2 nitrogen and oxygen atoms in total. The highest BCUT2D eigenvalue weighted by atomic mass is 32.1. The first-order chi connectivity index (χ1) is 9.27. The molecule has 2 aromatic rings. The molecule has 0 radical (unpaired) electrons. The second kappa shape index (κ2) is 4.97. The molecule has 0 spiro atoms. The predicted molar refractivity (Wildman–Crippen MR) is 79.3 cm³/mol. The van der Waals surface area contributed by atoms with Crippen molar-refractivity contribution in [1.82, 2.24) is 4.57 Å². The molecule has 0 fully saturated rings. The molecule has 0 saturated heterocycles. The van der Waals surface area contributed by atoms with Crippen molar-refractivity contribution in [1.29, 1.82) is 0 Å². The molecule has 0 amide bonds. The average molecular weight is 273 g/mol. The van der Waals surface area contributed by atoms with Crippen molar-refractivity contribution in [2.75, 3.05) is 0 Å². The third-order valence-electron chi connectivity index (χ3n) is 4.06. The van der Waals surface area contributed by atoms with Crippen molar-refractivity contribution in [3.63, 3.8) is 0 Å². The van der Waals surface area contributed by atoms with Gasteiger partial charge in [0.05, 0.1) is 10.6 Å². The summed E-state index contributed by atoms with van der Waals surface area (Å²) in [5.74, 6) is 0.217. The van der Waals surface area contributed by atoms with Gasteiger partial charge in [0.2, 0.25) is 5.78 Å². The lowest BCUT2D eigenvalue weighted by Gasteiger charge is -2.06. The van der Waals surface area contributed by atoms with Crippen molar-refractivity contribution in [3.05, 3.63) is 44.9 Å². The van der Waals surface area contributed by atoms with Gasteiger partial charge in [-0.05, 0) is 48.3 Å². The average Bonchev–Trinajstić information content (AvgIpc) is 3.12. The minimum atomic E-state index is 0.217. The summed E-state index contributed by atoms with van der Waals surface area (Å²) in [6.45, 7) is 5.37. The van der Waals surface area contributed by atoms with E-state index in [1.807, 2.05) is 17.5 Å². The number of hydrogen-bond donors (Lipinski definition) is 0. The second-order valence-corrected chi connectivity index (χ2v) is 5.97. The minimum absolute atomic E-state index is 0.217. The van der Waals surface area contributed by atoms with E-state index < -0.39 is 0 Å². The van der Waals surface area contributed by atoms with Crippen molar-refractivity contribution in [2.45, 2.75) is 46.1 Å². The van der Waals surface area contributed by atoms with E-state index in [9.17, 15) is 4.79 Å². The van der Waals surface area contributed by atoms with E-state index in [0.717, 1.165) is 36.4 Å². The molecule has 1 aliphatic rings. The molecule has 3 heterocycles. The molecule has 2 aromatic heterocycles. The lowest BCUT2D eigenvalue weighted by atomic mass is 10.00. The Labute approximate surface area is 118 Å². The summed E-state index contributed by atoms with van der Waals surface area (Å²) in [7, 11) is 0. The van der Waals surface area contributed by atoms with Crippen LogP contribution in [-0.2, 0) is 25.8 Å². The number of rotatable bonds is 4. The Morgan fingerprint density at radius 1 is 1.32 bits per heavy atom. The zero-order chi connectivity index (χ0) is 13.4. The van der Waals surface area contributed by atoms with E-state index in [4.69, 9.17) is 0 Å². The molecular formula is C16H19NOS. The van der Waals surface area contributed by atoms with E-state index >= 15 is 0 Å². The summed E-state index contributed by atoms with van der Waals surface area (Å²) in [6, 6.07) is 3.89. The normalized spacial score (nSPS) is 13.8. The highest BCUT2D eigenvalue weighted by Gasteiger charge is 2.28. The number of carbonyl (C=O) groups is 1. The highest BCUT2D eigenvalue weighted by molar-refractivity contribution is 7.12. The van der Waals surface area contributed by atoms with Gasteiger partial charge in [0.15, 0.2) is 0 Å². The molecule has 3 rings (SSSR count). The molecule has 0 bridgehead atoms. The quantitative estimate of drug-likeness (QED) is 0.775. The van der Waals surface area contributed by atoms with Gasteiger partial charge in [-0.3, -0.25) is 4.79 Å². The SMILES string of the molecule is CCc1c(CC)c(C(=O)c2cccs2)n2c1CCC2. The summed E-state index contributed by atoms with van der Waals surface area (Å²) < 4.78 is 2.29. The van der Waals surface area contributed by atoms with Gasteiger partial charge in [0.25, 0.3) is 0 Å². The number of fused-ring (bicyclic) bond motifs is 1. The largest absolute Gasteiger partial charge is 0.341 e. The van der Waals surface area contributed by atoms with Crippen LogP contribution in [0.25, 0.3) is 0 Å². The van der Waals surface area contributed by atoms with Crippen molar-refractivity contribution >= 4 is 17.1 Å². The first-order valence-electron chi connectivity index (χ1n) is 7.09. The lowest BCUT2D eigenvalue weighted by molar-refractivity contribution is 0.103. The molecule has 0 atom stereocenters. The van der Waals surface area contributed by atoms with Crippen LogP contribution in [0.3, 0.4) is 0 Å². The Balaban J connectivity index is 2.18. The molecule has 0 saturated carbocycles. The fraction of sp³-hybridized carbons (Fsp3) is 0.438. The number of ketones is 1. The minimum Gasteiger partial charge on any atom is -0.341 e. The smallest absolute Gasteiger partial charge is 0.219 e. The maximum atomic E-state index is 12.8. The van der Waals surface area contributed by atoms with Crippen LogP contribution in [0.2, 0.25) is 0 Å². The van der Waals surface area contributed by atoms with E-state index in [0.29, 0.717) is 0 Å². The van der Waals surface area contributed by atoms with Gasteiger partial charge in [-0.1, -0.05) is 19.9 Å². The Kier molecular flexibility index (Phi) is 3.31. The number of hydrogen-bond acceptors (Lipinski definition) is 2. The Hall–Kier alpha value is -1.35. The van der Waals surface area contributed by atoms with Gasteiger partial charge in [-0.15, -0.1) is 11.3 Å². The zero-order valence-electron chi connectivity index (χ0n) is 11.5. The first kappa shape index (κ1) is 12.7. The maximum absolute atomic E-state index is 12.8. The molecule has 3 heteroatoms. The van der Waals surface area contributed by atoms with E-state index in [1.54, 1.807) is 11.3 Å². The van der Waals surface area contributed by atoms with Gasteiger partial charge in [-0.25, -0.2) is 0 Å². The van der Waals surface area contributed by atoms with E-state index in [-0.39, 0.29) is 5.78 Å². The second-order valence-electron chi connectivity index (χ2n) is 5.02. The molecule has 0 N–H and O–H groups in total. The topological polar surface area (TPSA) is 22.0 Å². The van der Waals surface area contributed by atoms with Gasteiger partial charge in [-0.2, -0.15) is 0 Å². The molecule has 100 valence electrons. The van der Waals surface area contributed by atoms with Gasteiger partial charge >= 0.3 is 0 Å². The summed E-state index contributed by atoms with van der Waals surface area (Å²) in [6.07, 6.45) is 4.30. The van der Waals surface area contributed by atoms with Gasteiger partial charge in [0, 0.05) is 12.2 Å². The fourth-order valence-corrected chi connectivity index (χ4v) is 3.96. The van der Waals surface area contributed by atoms with E-state index in [1.165, 1.54) is 23.2 Å². The Morgan fingerprint density at radius 2 is 2.11 bits per heavy atom. The number of aromatic nitrogens is 1. The standard InChI is InChI=1S/C16H19NOS/c1-3-11-12(4-2)15(17-9-5-7-13(11)17)16(18)14-8-6-10-19-14/h6,8,10H,3-5,7,9H2,1-2H3. The van der Waals surface area contributed by atoms with Crippen LogP contribution < -0.4 is 0 Å². The van der Waals surface area contributed by atoms with Crippen LogP contribution in [0.15, 0.2) is 17.5 Å². The molecule has 0 aromatic carbocycles. The maximum Gasteiger partial charge on any atom is 0.219 e. The van der Waals surface area contributed by atoms with Crippen molar-refractivity contribution < 1.29 is 4.79 Å². The van der Waals surface area contributed by atoms with Crippen LogP contribution in [0.5, 0.6) is 0 Å². The molecule has 0 aliphatic carbocycles. The van der Waals surface area contributed by atoms with Gasteiger partial charge in [0.1, 0.15) is 0 Å². The fourth-order valence-electron chi connectivity index (χ4n) is 3.30.